The molecule has 1 saturated heterocycles. The molecule has 3 nitrogen and oxygen atoms in total. The Morgan fingerprint density at radius 3 is 3.11 bits per heavy atom. The van der Waals surface area contributed by atoms with Crippen LogP contribution in [0.2, 0.25) is 0 Å². The third-order valence-electron chi connectivity index (χ3n) is 3.00. The van der Waals surface area contributed by atoms with Gasteiger partial charge in [-0.2, -0.15) is 0 Å². The molecule has 1 aromatic carbocycles. The van der Waals surface area contributed by atoms with Crippen LogP contribution in [-0.2, 0) is 11.3 Å². The Kier molecular flexibility index (Phi) is 5.47. The fourth-order valence-corrected chi connectivity index (χ4v) is 2.40. The third-order valence-corrected chi connectivity index (χ3v) is 3.78. The first-order valence-corrected chi connectivity index (χ1v) is 7.32. The fourth-order valence-electron chi connectivity index (χ4n) is 2.02. The summed E-state index contributed by atoms with van der Waals surface area (Å²) < 4.78 is 12.5. The Balaban J connectivity index is 1.99. The zero-order chi connectivity index (χ0) is 12.8. The van der Waals surface area contributed by atoms with Gasteiger partial charge in [0.1, 0.15) is 11.9 Å². The molecular weight excluding hydrogens is 294 g/mol. The number of rotatable bonds is 5. The lowest BCUT2D eigenvalue weighted by Gasteiger charge is -2.23. The first-order chi connectivity index (χ1) is 8.79. The summed E-state index contributed by atoms with van der Waals surface area (Å²) in [5.74, 6) is 0.932. The highest BCUT2D eigenvalue weighted by Gasteiger charge is 2.15. The van der Waals surface area contributed by atoms with E-state index >= 15 is 0 Å². The number of ether oxygens (including phenoxy) is 2. The number of benzene rings is 1. The van der Waals surface area contributed by atoms with Crippen molar-refractivity contribution in [1.29, 1.82) is 0 Å². The molecular formula is C14H20BrNO2. The number of nitrogens with one attached hydrogen (secondary N) is 1. The Labute approximate surface area is 117 Å². The van der Waals surface area contributed by atoms with Gasteiger partial charge in [-0.15, -0.1) is 0 Å². The summed E-state index contributed by atoms with van der Waals surface area (Å²) in [5.41, 5.74) is 1.23. The van der Waals surface area contributed by atoms with Crippen molar-refractivity contribution in [3.63, 3.8) is 0 Å². The van der Waals surface area contributed by atoms with Crippen LogP contribution in [0.1, 0.15) is 25.3 Å². The van der Waals surface area contributed by atoms with E-state index in [1.165, 1.54) is 5.56 Å². The lowest BCUT2D eigenvalue weighted by Crippen LogP contribution is -2.28. The number of hydrogen-bond donors (Lipinski definition) is 1. The third kappa shape index (κ3) is 3.97. The first-order valence-electron chi connectivity index (χ1n) is 6.53. The van der Waals surface area contributed by atoms with Crippen LogP contribution in [0.25, 0.3) is 0 Å². The van der Waals surface area contributed by atoms with Crippen LogP contribution in [0.4, 0.5) is 0 Å². The molecule has 1 unspecified atom stereocenters. The largest absolute Gasteiger partial charge is 0.488 e. The predicted octanol–water partition coefficient (Wildman–Crippen LogP) is 3.12. The van der Waals surface area contributed by atoms with E-state index in [0.29, 0.717) is 6.61 Å². The summed E-state index contributed by atoms with van der Waals surface area (Å²) >= 11 is 3.57. The maximum Gasteiger partial charge on any atom is 0.122 e. The molecule has 1 N–H and O–H groups in total. The molecule has 2 rings (SSSR count). The molecule has 0 amide bonds. The lowest BCUT2D eigenvalue weighted by molar-refractivity contribution is 0.00739. The molecule has 0 aromatic heterocycles. The second-order valence-corrected chi connectivity index (χ2v) is 5.34. The van der Waals surface area contributed by atoms with Crippen LogP contribution < -0.4 is 10.1 Å². The van der Waals surface area contributed by atoms with Crippen LogP contribution in [-0.4, -0.2) is 25.9 Å². The van der Waals surface area contributed by atoms with Crippen molar-refractivity contribution in [3.05, 3.63) is 28.2 Å². The summed E-state index contributed by atoms with van der Waals surface area (Å²) in [4.78, 5) is 0. The summed E-state index contributed by atoms with van der Waals surface area (Å²) in [6.45, 7) is 5.50. The summed E-state index contributed by atoms with van der Waals surface area (Å²) in [7, 11) is 0. The quantitative estimate of drug-likeness (QED) is 0.906. The van der Waals surface area contributed by atoms with Gasteiger partial charge in [0.25, 0.3) is 0 Å². The second kappa shape index (κ2) is 7.12. The molecule has 1 atom stereocenters. The molecule has 4 heteroatoms. The van der Waals surface area contributed by atoms with Gasteiger partial charge in [0.05, 0.1) is 6.61 Å². The Hall–Kier alpha value is -0.580. The van der Waals surface area contributed by atoms with E-state index in [2.05, 4.69) is 34.2 Å². The van der Waals surface area contributed by atoms with Gasteiger partial charge >= 0.3 is 0 Å². The van der Waals surface area contributed by atoms with Gasteiger partial charge in [-0.3, -0.25) is 0 Å². The summed E-state index contributed by atoms with van der Waals surface area (Å²) in [6, 6.07) is 6.15. The van der Waals surface area contributed by atoms with E-state index in [1.807, 2.05) is 12.1 Å². The van der Waals surface area contributed by atoms with Gasteiger partial charge in [-0.1, -0.05) is 22.9 Å². The summed E-state index contributed by atoms with van der Waals surface area (Å²) in [6.07, 6.45) is 2.37. The molecule has 0 aliphatic carbocycles. The normalized spacial score (nSPS) is 19.8. The molecule has 1 aliphatic heterocycles. The highest BCUT2D eigenvalue weighted by molar-refractivity contribution is 9.10. The zero-order valence-corrected chi connectivity index (χ0v) is 12.3. The van der Waals surface area contributed by atoms with Crippen LogP contribution in [0.3, 0.4) is 0 Å². The van der Waals surface area contributed by atoms with Gasteiger partial charge in [0.15, 0.2) is 0 Å². The van der Waals surface area contributed by atoms with Crippen molar-refractivity contribution < 1.29 is 9.47 Å². The van der Waals surface area contributed by atoms with Gasteiger partial charge in [0, 0.05) is 17.6 Å². The fraction of sp³-hybridized carbons (Fsp3) is 0.571. The maximum absolute atomic E-state index is 5.96. The van der Waals surface area contributed by atoms with Crippen molar-refractivity contribution in [3.8, 4) is 5.75 Å². The highest BCUT2D eigenvalue weighted by Crippen LogP contribution is 2.24. The average molecular weight is 314 g/mol. The minimum atomic E-state index is 0.201. The van der Waals surface area contributed by atoms with E-state index in [9.17, 15) is 0 Å². The molecule has 1 aromatic rings. The van der Waals surface area contributed by atoms with Crippen molar-refractivity contribution in [1.82, 2.24) is 5.32 Å². The molecule has 1 heterocycles. The smallest absolute Gasteiger partial charge is 0.122 e. The number of hydrogen-bond acceptors (Lipinski definition) is 3. The Bertz CT molecular complexity index is 378. The van der Waals surface area contributed by atoms with E-state index in [1.54, 1.807) is 0 Å². The topological polar surface area (TPSA) is 30.5 Å². The molecule has 1 aliphatic rings. The summed E-state index contributed by atoms with van der Waals surface area (Å²) in [5, 5.41) is 3.33. The lowest BCUT2D eigenvalue weighted by atomic mass is 10.1. The van der Waals surface area contributed by atoms with Gasteiger partial charge < -0.3 is 14.8 Å². The SMILES string of the molecule is CCNCc1cc(OC2CCCOC2)ccc1Br. The van der Waals surface area contributed by atoms with Crippen molar-refractivity contribution in [2.45, 2.75) is 32.4 Å². The molecule has 0 saturated carbocycles. The average Bonchev–Trinajstić information content (AvgIpc) is 2.40. The van der Waals surface area contributed by atoms with Gasteiger partial charge in [-0.05, 0) is 43.1 Å². The maximum atomic E-state index is 5.96. The Morgan fingerprint density at radius 1 is 1.50 bits per heavy atom. The number of halogens is 1. The van der Waals surface area contributed by atoms with E-state index < -0.39 is 0 Å². The molecule has 18 heavy (non-hydrogen) atoms. The highest BCUT2D eigenvalue weighted by atomic mass is 79.9. The van der Waals surface area contributed by atoms with Gasteiger partial charge in [-0.25, -0.2) is 0 Å². The van der Waals surface area contributed by atoms with Crippen molar-refractivity contribution >= 4 is 15.9 Å². The molecule has 0 radical (unpaired) electrons. The van der Waals surface area contributed by atoms with Crippen molar-refractivity contribution in [2.75, 3.05) is 19.8 Å². The molecule has 1 fully saturated rings. The van der Waals surface area contributed by atoms with Crippen LogP contribution in [0.15, 0.2) is 22.7 Å². The van der Waals surface area contributed by atoms with Crippen LogP contribution in [0.5, 0.6) is 5.75 Å². The van der Waals surface area contributed by atoms with Crippen molar-refractivity contribution in [2.24, 2.45) is 0 Å². The predicted molar refractivity (Wildman–Crippen MR) is 76.0 cm³/mol. The molecule has 0 bridgehead atoms. The zero-order valence-electron chi connectivity index (χ0n) is 10.7. The Morgan fingerprint density at radius 2 is 2.39 bits per heavy atom. The van der Waals surface area contributed by atoms with Gasteiger partial charge in [0.2, 0.25) is 0 Å². The molecule has 100 valence electrons. The standard InChI is InChI=1S/C14H20BrNO2/c1-2-16-9-11-8-12(5-6-14(11)15)18-13-4-3-7-17-10-13/h5-6,8,13,16H,2-4,7,9-10H2,1H3. The van der Waals surface area contributed by atoms with E-state index in [0.717, 1.165) is 42.8 Å². The van der Waals surface area contributed by atoms with Crippen LogP contribution in [0, 0.1) is 0 Å². The van der Waals surface area contributed by atoms with E-state index in [4.69, 9.17) is 9.47 Å². The molecule has 0 spiro atoms. The first kappa shape index (κ1) is 13.8. The minimum absolute atomic E-state index is 0.201. The van der Waals surface area contributed by atoms with Crippen LogP contribution >= 0.6 is 15.9 Å². The monoisotopic (exact) mass is 313 g/mol. The minimum Gasteiger partial charge on any atom is -0.488 e. The second-order valence-electron chi connectivity index (χ2n) is 4.49. The van der Waals surface area contributed by atoms with E-state index in [-0.39, 0.29) is 6.10 Å².